The number of halogens is 1. The fraction of sp³-hybridized carbons (Fsp3) is 0.600. The van der Waals surface area contributed by atoms with Crippen LogP contribution >= 0.6 is 15.9 Å². The standard InChI is InChI=1S/C15H24BrN/c1-5-6-7-12(2)17-15(3,4)13-8-10-14(16)11-9-13/h8-12,17H,5-7H2,1-4H3. The largest absolute Gasteiger partial charge is 0.305 e. The minimum absolute atomic E-state index is 0.0356. The molecule has 1 nitrogen and oxygen atoms in total. The molecule has 1 atom stereocenters. The summed E-state index contributed by atoms with van der Waals surface area (Å²) in [5.41, 5.74) is 1.37. The molecule has 0 aliphatic rings. The predicted octanol–water partition coefficient (Wildman–Crippen LogP) is 4.85. The Hall–Kier alpha value is -0.340. The normalized spacial score (nSPS) is 13.7. The van der Waals surface area contributed by atoms with Gasteiger partial charge in [-0.3, -0.25) is 0 Å². The Labute approximate surface area is 114 Å². The molecular formula is C15H24BrN. The number of nitrogens with one attached hydrogen (secondary N) is 1. The Bertz CT molecular complexity index is 329. The lowest BCUT2D eigenvalue weighted by Gasteiger charge is -2.31. The number of rotatable bonds is 6. The molecule has 0 saturated heterocycles. The van der Waals surface area contributed by atoms with Crippen LogP contribution in [0.25, 0.3) is 0 Å². The molecule has 1 aromatic carbocycles. The van der Waals surface area contributed by atoms with Crippen molar-refractivity contribution < 1.29 is 0 Å². The maximum absolute atomic E-state index is 3.71. The first-order valence-electron chi connectivity index (χ1n) is 6.49. The summed E-state index contributed by atoms with van der Waals surface area (Å²) < 4.78 is 1.14. The van der Waals surface area contributed by atoms with E-state index in [9.17, 15) is 0 Å². The highest BCUT2D eigenvalue weighted by Gasteiger charge is 2.21. The Morgan fingerprint density at radius 2 is 1.82 bits per heavy atom. The Morgan fingerprint density at radius 3 is 2.35 bits per heavy atom. The molecule has 0 saturated carbocycles. The van der Waals surface area contributed by atoms with E-state index in [2.05, 4.69) is 73.2 Å². The lowest BCUT2D eigenvalue weighted by atomic mass is 9.93. The number of hydrogen-bond acceptors (Lipinski definition) is 1. The van der Waals surface area contributed by atoms with Gasteiger partial charge in [0.25, 0.3) is 0 Å². The molecule has 17 heavy (non-hydrogen) atoms. The molecule has 0 fully saturated rings. The third-order valence-corrected chi connectivity index (χ3v) is 3.69. The first-order chi connectivity index (χ1) is 7.95. The van der Waals surface area contributed by atoms with E-state index < -0.39 is 0 Å². The van der Waals surface area contributed by atoms with Crippen molar-refractivity contribution in [2.45, 2.75) is 58.5 Å². The van der Waals surface area contributed by atoms with Crippen molar-refractivity contribution in [3.8, 4) is 0 Å². The van der Waals surface area contributed by atoms with Crippen LogP contribution in [-0.2, 0) is 5.54 Å². The third-order valence-electron chi connectivity index (χ3n) is 3.16. The third kappa shape index (κ3) is 4.81. The molecule has 0 bridgehead atoms. The van der Waals surface area contributed by atoms with Crippen LogP contribution in [0.2, 0.25) is 0 Å². The zero-order valence-corrected chi connectivity index (χ0v) is 13.0. The number of unbranched alkanes of at least 4 members (excludes halogenated alkanes) is 1. The van der Waals surface area contributed by atoms with Gasteiger partial charge in [-0.2, -0.15) is 0 Å². The van der Waals surface area contributed by atoms with E-state index in [4.69, 9.17) is 0 Å². The molecule has 1 N–H and O–H groups in total. The smallest absolute Gasteiger partial charge is 0.0379 e. The fourth-order valence-electron chi connectivity index (χ4n) is 2.15. The van der Waals surface area contributed by atoms with Crippen molar-refractivity contribution in [1.82, 2.24) is 5.32 Å². The van der Waals surface area contributed by atoms with Crippen LogP contribution in [0.1, 0.15) is 52.5 Å². The average Bonchev–Trinajstić information content (AvgIpc) is 2.26. The molecule has 1 unspecified atom stereocenters. The summed E-state index contributed by atoms with van der Waals surface area (Å²) in [4.78, 5) is 0. The summed E-state index contributed by atoms with van der Waals surface area (Å²) in [5, 5.41) is 3.71. The van der Waals surface area contributed by atoms with Gasteiger partial charge < -0.3 is 5.32 Å². The van der Waals surface area contributed by atoms with E-state index in [1.165, 1.54) is 24.8 Å². The van der Waals surface area contributed by atoms with Crippen LogP contribution in [0.3, 0.4) is 0 Å². The fourth-order valence-corrected chi connectivity index (χ4v) is 2.41. The predicted molar refractivity (Wildman–Crippen MR) is 79.3 cm³/mol. The van der Waals surface area contributed by atoms with Crippen molar-refractivity contribution in [3.05, 3.63) is 34.3 Å². The minimum Gasteiger partial charge on any atom is -0.305 e. The van der Waals surface area contributed by atoms with Crippen molar-refractivity contribution >= 4 is 15.9 Å². The molecule has 0 radical (unpaired) electrons. The minimum atomic E-state index is 0.0356. The van der Waals surface area contributed by atoms with Crippen LogP contribution in [0, 0.1) is 0 Å². The van der Waals surface area contributed by atoms with Gasteiger partial charge in [0.05, 0.1) is 0 Å². The molecule has 0 aliphatic carbocycles. The van der Waals surface area contributed by atoms with E-state index in [0.29, 0.717) is 6.04 Å². The lowest BCUT2D eigenvalue weighted by Crippen LogP contribution is -2.42. The molecule has 0 aromatic heterocycles. The second-order valence-corrected chi connectivity index (χ2v) is 6.24. The molecule has 0 amide bonds. The van der Waals surface area contributed by atoms with E-state index in [1.807, 2.05) is 0 Å². The van der Waals surface area contributed by atoms with E-state index >= 15 is 0 Å². The van der Waals surface area contributed by atoms with Crippen LogP contribution < -0.4 is 5.32 Å². The van der Waals surface area contributed by atoms with Gasteiger partial charge in [-0.05, 0) is 44.9 Å². The Balaban J connectivity index is 2.64. The van der Waals surface area contributed by atoms with E-state index in [0.717, 1.165) is 4.47 Å². The van der Waals surface area contributed by atoms with Crippen LogP contribution in [0.15, 0.2) is 28.7 Å². The Kier molecular flexibility index (Phi) is 5.68. The molecule has 2 heteroatoms. The number of benzene rings is 1. The zero-order valence-electron chi connectivity index (χ0n) is 11.4. The topological polar surface area (TPSA) is 12.0 Å². The van der Waals surface area contributed by atoms with Gasteiger partial charge in [-0.15, -0.1) is 0 Å². The SMILES string of the molecule is CCCCC(C)NC(C)(C)c1ccc(Br)cc1. The van der Waals surface area contributed by atoms with Gasteiger partial charge in [-0.1, -0.05) is 47.8 Å². The highest BCUT2D eigenvalue weighted by molar-refractivity contribution is 9.10. The average molecular weight is 298 g/mol. The van der Waals surface area contributed by atoms with Crippen molar-refractivity contribution in [1.29, 1.82) is 0 Å². The van der Waals surface area contributed by atoms with Crippen LogP contribution in [0.4, 0.5) is 0 Å². The Morgan fingerprint density at radius 1 is 1.24 bits per heavy atom. The van der Waals surface area contributed by atoms with Gasteiger partial charge in [0.1, 0.15) is 0 Å². The van der Waals surface area contributed by atoms with Crippen LogP contribution in [-0.4, -0.2) is 6.04 Å². The van der Waals surface area contributed by atoms with E-state index in [-0.39, 0.29) is 5.54 Å². The summed E-state index contributed by atoms with van der Waals surface area (Å²) in [6, 6.07) is 9.15. The van der Waals surface area contributed by atoms with Crippen molar-refractivity contribution in [2.75, 3.05) is 0 Å². The van der Waals surface area contributed by atoms with E-state index in [1.54, 1.807) is 0 Å². The first kappa shape index (κ1) is 14.7. The number of hydrogen-bond donors (Lipinski definition) is 1. The maximum Gasteiger partial charge on any atom is 0.0379 e. The van der Waals surface area contributed by atoms with Gasteiger partial charge in [0.2, 0.25) is 0 Å². The summed E-state index contributed by atoms with van der Waals surface area (Å²) in [6.45, 7) is 9.01. The van der Waals surface area contributed by atoms with Gasteiger partial charge >= 0.3 is 0 Å². The summed E-state index contributed by atoms with van der Waals surface area (Å²) in [7, 11) is 0. The monoisotopic (exact) mass is 297 g/mol. The van der Waals surface area contributed by atoms with Gasteiger partial charge in [0, 0.05) is 16.1 Å². The summed E-state index contributed by atoms with van der Waals surface area (Å²) in [6.07, 6.45) is 3.81. The molecule has 96 valence electrons. The summed E-state index contributed by atoms with van der Waals surface area (Å²) >= 11 is 3.48. The zero-order chi connectivity index (χ0) is 12.9. The van der Waals surface area contributed by atoms with Crippen LogP contribution in [0.5, 0.6) is 0 Å². The maximum atomic E-state index is 3.71. The van der Waals surface area contributed by atoms with Gasteiger partial charge in [-0.25, -0.2) is 0 Å². The molecular weight excluding hydrogens is 274 g/mol. The molecule has 0 heterocycles. The van der Waals surface area contributed by atoms with Crippen molar-refractivity contribution in [2.24, 2.45) is 0 Å². The highest BCUT2D eigenvalue weighted by atomic mass is 79.9. The van der Waals surface area contributed by atoms with Crippen molar-refractivity contribution in [3.63, 3.8) is 0 Å². The highest BCUT2D eigenvalue weighted by Crippen LogP contribution is 2.23. The summed E-state index contributed by atoms with van der Waals surface area (Å²) in [5.74, 6) is 0. The lowest BCUT2D eigenvalue weighted by molar-refractivity contribution is 0.337. The quantitative estimate of drug-likeness (QED) is 0.791. The molecule has 1 rings (SSSR count). The first-order valence-corrected chi connectivity index (χ1v) is 7.28. The van der Waals surface area contributed by atoms with Gasteiger partial charge in [0.15, 0.2) is 0 Å². The second-order valence-electron chi connectivity index (χ2n) is 5.32. The molecule has 1 aromatic rings. The molecule has 0 aliphatic heterocycles. The molecule has 0 spiro atoms. The second kappa shape index (κ2) is 6.55.